The molecule has 5 heteroatoms. The standard InChI is InChI=1S/C11H12BrNO3/c1-7-8(3-2-4-9(7)12)11(16)13-6-5-10(14)15/h2-4H,5-6H2,1H3,(H,13,16)(H,14,15). The number of carboxylic acids is 1. The quantitative estimate of drug-likeness (QED) is 0.889. The van der Waals surface area contributed by atoms with Crippen LogP contribution in [0.4, 0.5) is 0 Å². The predicted octanol–water partition coefficient (Wildman–Crippen LogP) is 1.96. The van der Waals surface area contributed by atoms with E-state index in [2.05, 4.69) is 21.2 Å². The first-order valence-electron chi connectivity index (χ1n) is 4.77. The Morgan fingerprint density at radius 2 is 2.12 bits per heavy atom. The van der Waals surface area contributed by atoms with E-state index in [1.807, 2.05) is 13.0 Å². The molecule has 16 heavy (non-hydrogen) atoms. The van der Waals surface area contributed by atoms with Crippen molar-refractivity contribution in [2.45, 2.75) is 13.3 Å². The minimum Gasteiger partial charge on any atom is -0.481 e. The number of carbonyl (C=O) groups excluding carboxylic acids is 1. The summed E-state index contributed by atoms with van der Waals surface area (Å²) in [6.07, 6.45) is -0.0706. The van der Waals surface area contributed by atoms with Gasteiger partial charge in [0.2, 0.25) is 0 Å². The van der Waals surface area contributed by atoms with Crippen LogP contribution < -0.4 is 5.32 Å². The fraction of sp³-hybridized carbons (Fsp3) is 0.273. The maximum absolute atomic E-state index is 11.7. The van der Waals surface area contributed by atoms with Gasteiger partial charge in [-0.25, -0.2) is 0 Å². The molecule has 0 radical (unpaired) electrons. The Hall–Kier alpha value is -1.36. The van der Waals surface area contributed by atoms with E-state index in [1.54, 1.807) is 12.1 Å². The molecule has 0 unspecified atom stereocenters. The lowest BCUT2D eigenvalue weighted by Gasteiger charge is -2.07. The molecular weight excluding hydrogens is 274 g/mol. The van der Waals surface area contributed by atoms with Crippen LogP contribution in [0.5, 0.6) is 0 Å². The molecule has 86 valence electrons. The molecule has 0 spiro atoms. The molecule has 2 N–H and O–H groups in total. The summed E-state index contributed by atoms with van der Waals surface area (Å²) in [6.45, 7) is 1.97. The Kier molecular flexibility index (Phi) is 4.49. The number of aliphatic carboxylic acids is 1. The molecule has 0 atom stereocenters. The van der Waals surface area contributed by atoms with E-state index in [9.17, 15) is 9.59 Å². The first kappa shape index (κ1) is 12.7. The van der Waals surface area contributed by atoms with Crippen molar-refractivity contribution in [3.8, 4) is 0 Å². The predicted molar refractivity (Wildman–Crippen MR) is 63.5 cm³/mol. The van der Waals surface area contributed by atoms with Gasteiger partial charge in [-0.05, 0) is 24.6 Å². The van der Waals surface area contributed by atoms with Crippen LogP contribution >= 0.6 is 15.9 Å². The highest BCUT2D eigenvalue weighted by molar-refractivity contribution is 9.10. The number of benzene rings is 1. The second-order valence-electron chi connectivity index (χ2n) is 3.31. The molecule has 0 bridgehead atoms. The molecule has 1 rings (SSSR count). The molecule has 0 aliphatic carbocycles. The first-order chi connectivity index (χ1) is 7.52. The van der Waals surface area contributed by atoms with Gasteiger partial charge in [0.15, 0.2) is 0 Å². The summed E-state index contributed by atoms with van der Waals surface area (Å²) in [5.41, 5.74) is 1.40. The molecule has 1 aromatic rings. The van der Waals surface area contributed by atoms with Gasteiger partial charge >= 0.3 is 5.97 Å². The molecule has 1 amide bonds. The summed E-state index contributed by atoms with van der Waals surface area (Å²) in [6, 6.07) is 5.32. The maximum atomic E-state index is 11.7. The number of hydrogen-bond donors (Lipinski definition) is 2. The summed E-state index contributed by atoms with van der Waals surface area (Å²) >= 11 is 3.33. The summed E-state index contributed by atoms with van der Waals surface area (Å²) in [5.74, 6) is -1.17. The topological polar surface area (TPSA) is 66.4 Å². The van der Waals surface area contributed by atoms with Gasteiger partial charge in [0.1, 0.15) is 0 Å². The van der Waals surface area contributed by atoms with Crippen LogP contribution in [0.25, 0.3) is 0 Å². The van der Waals surface area contributed by atoms with Gasteiger partial charge in [-0.3, -0.25) is 9.59 Å². The smallest absolute Gasteiger partial charge is 0.305 e. The maximum Gasteiger partial charge on any atom is 0.305 e. The van der Waals surface area contributed by atoms with E-state index in [1.165, 1.54) is 0 Å². The average Bonchev–Trinajstić information content (AvgIpc) is 2.21. The first-order valence-corrected chi connectivity index (χ1v) is 5.56. The molecule has 0 heterocycles. The molecule has 0 saturated carbocycles. The summed E-state index contributed by atoms with van der Waals surface area (Å²) in [7, 11) is 0. The molecule has 4 nitrogen and oxygen atoms in total. The lowest BCUT2D eigenvalue weighted by Crippen LogP contribution is -2.26. The fourth-order valence-electron chi connectivity index (χ4n) is 1.23. The summed E-state index contributed by atoms with van der Waals surface area (Å²) in [4.78, 5) is 22.0. The molecular formula is C11H12BrNO3. The third kappa shape index (κ3) is 3.34. The van der Waals surface area contributed by atoms with Crippen molar-refractivity contribution >= 4 is 27.8 Å². The third-order valence-electron chi connectivity index (χ3n) is 2.14. The minimum absolute atomic E-state index is 0.0706. The van der Waals surface area contributed by atoms with E-state index in [-0.39, 0.29) is 18.9 Å². The summed E-state index contributed by atoms with van der Waals surface area (Å²) < 4.78 is 0.860. The Bertz CT molecular complexity index is 418. The average molecular weight is 286 g/mol. The van der Waals surface area contributed by atoms with Gasteiger partial charge in [-0.15, -0.1) is 0 Å². The fourth-order valence-corrected chi connectivity index (χ4v) is 1.60. The van der Waals surface area contributed by atoms with E-state index < -0.39 is 5.97 Å². The van der Waals surface area contributed by atoms with E-state index in [4.69, 9.17) is 5.11 Å². The van der Waals surface area contributed by atoms with Crippen LogP contribution in [0.15, 0.2) is 22.7 Å². The minimum atomic E-state index is -0.925. The van der Waals surface area contributed by atoms with E-state index >= 15 is 0 Å². The van der Waals surface area contributed by atoms with Crippen LogP contribution in [0, 0.1) is 6.92 Å². The van der Waals surface area contributed by atoms with Crippen LogP contribution in [-0.4, -0.2) is 23.5 Å². The number of halogens is 1. The van der Waals surface area contributed by atoms with Crippen molar-refractivity contribution in [1.82, 2.24) is 5.32 Å². The highest BCUT2D eigenvalue weighted by atomic mass is 79.9. The van der Waals surface area contributed by atoms with Crippen LogP contribution in [0.2, 0.25) is 0 Å². The number of amides is 1. The zero-order valence-corrected chi connectivity index (χ0v) is 10.4. The van der Waals surface area contributed by atoms with Crippen LogP contribution in [0.1, 0.15) is 22.3 Å². The zero-order valence-electron chi connectivity index (χ0n) is 8.79. The highest BCUT2D eigenvalue weighted by Gasteiger charge is 2.10. The van der Waals surface area contributed by atoms with Gasteiger partial charge in [0.05, 0.1) is 6.42 Å². The Balaban J connectivity index is 2.66. The van der Waals surface area contributed by atoms with E-state index in [0.29, 0.717) is 5.56 Å². The van der Waals surface area contributed by atoms with Crippen molar-refractivity contribution < 1.29 is 14.7 Å². The zero-order chi connectivity index (χ0) is 12.1. The van der Waals surface area contributed by atoms with Crippen molar-refractivity contribution in [3.05, 3.63) is 33.8 Å². The molecule has 0 aliphatic rings. The molecule has 1 aromatic carbocycles. The van der Waals surface area contributed by atoms with Crippen molar-refractivity contribution in [2.75, 3.05) is 6.54 Å². The Morgan fingerprint density at radius 1 is 1.44 bits per heavy atom. The van der Waals surface area contributed by atoms with Gasteiger partial charge in [0.25, 0.3) is 5.91 Å². The lowest BCUT2D eigenvalue weighted by molar-refractivity contribution is -0.136. The second kappa shape index (κ2) is 5.65. The monoisotopic (exact) mass is 285 g/mol. The Morgan fingerprint density at radius 3 is 2.75 bits per heavy atom. The molecule has 0 saturated heterocycles. The molecule has 0 fully saturated rings. The van der Waals surface area contributed by atoms with Crippen LogP contribution in [-0.2, 0) is 4.79 Å². The number of hydrogen-bond acceptors (Lipinski definition) is 2. The van der Waals surface area contributed by atoms with Gasteiger partial charge in [-0.1, -0.05) is 22.0 Å². The normalized spacial score (nSPS) is 9.88. The second-order valence-corrected chi connectivity index (χ2v) is 4.17. The van der Waals surface area contributed by atoms with Gasteiger partial charge < -0.3 is 10.4 Å². The van der Waals surface area contributed by atoms with E-state index in [0.717, 1.165) is 10.0 Å². The molecule has 0 aliphatic heterocycles. The summed E-state index contributed by atoms with van der Waals surface area (Å²) in [5, 5.41) is 11.0. The van der Waals surface area contributed by atoms with Gasteiger partial charge in [0, 0.05) is 16.6 Å². The SMILES string of the molecule is Cc1c(Br)cccc1C(=O)NCCC(=O)O. The van der Waals surface area contributed by atoms with Crippen molar-refractivity contribution in [3.63, 3.8) is 0 Å². The number of rotatable bonds is 4. The highest BCUT2D eigenvalue weighted by Crippen LogP contribution is 2.19. The van der Waals surface area contributed by atoms with Gasteiger partial charge in [-0.2, -0.15) is 0 Å². The number of carboxylic acid groups (broad SMARTS) is 1. The van der Waals surface area contributed by atoms with Crippen molar-refractivity contribution in [2.24, 2.45) is 0 Å². The number of carbonyl (C=O) groups is 2. The third-order valence-corrected chi connectivity index (χ3v) is 3.00. The molecule has 0 aromatic heterocycles. The Labute approximate surface area is 102 Å². The largest absolute Gasteiger partial charge is 0.481 e. The van der Waals surface area contributed by atoms with Crippen molar-refractivity contribution in [1.29, 1.82) is 0 Å². The van der Waals surface area contributed by atoms with Crippen LogP contribution in [0.3, 0.4) is 0 Å². The lowest BCUT2D eigenvalue weighted by atomic mass is 10.1. The number of nitrogens with one attached hydrogen (secondary N) is 1.